The number of hydrogen-bond acceptors (Lipinski definition) is 4. The first-order chi connectivity index (χ1) is 11.7. The molecule has 2 aliphatic rings. The van der Waals surface area contributed by atoms with E-state index in [1.54, 1.807) is 4.90 Å². The molecule has 0 spiro atoms. The Morgan fingerprint density at radius 3 is 2.60 bits per heavy atom. The second kappa shape index (κ2) is 6.96. The first kappa shape index (κ1) is 18.2. The van der Waals surface area contributed by atoms with Crippen molar-refractivity contribution < 1.29 is 14.6 Å². The van der Waals surface area contributed by atoms with Crippen molar-refractivity contribution in [1.29, 1.82) is 0 Å². The van der Waals surface area contributed by atoms with Crippen LogP contribution in [0.3, 0.4) is 0 Å². The van der Waals surface area contributed by atoms with E-state index in [9.17, 15) is 9.90 Å². The molecular formula is C20H30N2O3. The summed E-state index contributed by atoms with van der Waals surface area (Å²) in [5, 5.41) is 11.0. The minimum Gasteiger partial charge on any atom is -0.444 e. The van der Waals surface area contributed by atoms with Crippen molar-refractivity contribution in [1.82, 2.24) is 9.80 Å². The van der Waals surface area contributed by atoms with Crippen LogP contribution in [0.1, 0.15) is 45.6 Å². The molecule has 5 nitrogen and oxygen atoms in total. The molecule has 138 valence electrons. The van der Waals surface area contributed by atoms with Gasteiger partial charge < -0.3 is 14.7 Å². The zero-order valence-corrected chi connectivity index (χ0v) is 15.6. The number of β-amino-alcohol motifs (C(OH)–C–C–N with tert-alkyl or cyclic N) is 1. The highest BCUT2D eigenvalue weighted by molar-refractivity contribution is 5.69. The summed E-state index contributed by atoms with van der Waals surface area (Å²) in [5.41, 5.74) is -0.117. The SMILES string of the molecule is CC(C)(C)OC(=O)N(CC1(O)CCN(Cc2ccccc2)C1)C1CC1. The van der Waals surface area contributed by atoms with Crippen LogP contribution in [0, 0.1) is 0 Å². The highest BCUT2D eigenvalue weighted by Crippen LogP contribution is 2.32. The molecule has 1 amide bonds. The van der Waals surface area contributed by atoms with Gasteiger partial charge in [0.25, 0.3) is 0 Å². The lowest BCUT2D eigenvalue weighted by Crippen LogP contribution is -2.49. The Balaban J connectivity index is 1.59. The second-order valence-electron chi connectivity index (χ2n) is 8.51. The van der Waals surface area contributed by atoms with Gasteiger partial charge in [0.2, 0.25) is 0 Å². The van der Waals surface area contributed by atoms with E-state index in [1.165, 1.54) is 5.56 Å². The molecule has 1 aliphatic carbocycles. The molecular weight excluding hydrogens is 316 g/mol. The van der Waals surface area contributed by atoms with Gasteiger partial charge in [0, 0.05) is 25.7 Å². The third-order valence-electron chi connectivity index (χ3n) is 4.74. The van der Waals surface area contributed by atoms with Crippen LogP contribution < -0.4 is 0 Å². The van der Waals surface area contributed by atoms with E-state index in [0.717, 1.165) is 25.9 Å². The highest BCUT2D eigenvalue weighted by Gasteiger charge is 2.43. The van der Waals surface area contributed by atoms with Crippen LogP contribution in [-0.2, 0) is 11.3 Å². The van der Waals surface area contributed by atoms with Gasteiger partial charge in [-0.05, 0) is 45.6 Å². The topological polar surface area (TPSA) is 53.0 Å². The standard InChI is InChI=1S/C20H30N2O3/c1-19(2,3)25-18(23)22(17-9-10-17)15-20(24)11-12-21(14-20)13-16-7-5-4-6-8-16/h4-8,17,24H,9-15H2,1-3H3. The fourth-order valence-corrected chi connectivity index (χ4v) is 3.41. The fourth-order valence-electron chi connectivity index (χ4n) is 3.41. The van der Waals surface area contributed by atoms with E-state index in [4.69, 9.17) is 4.74 Å². The van der Waals surface area contributed by atoms with Crippen molar-refractivity contribution in [3.05, 3.63) is 35.9 Å². The van der Waals surface area contributed by atoms with E-state index < -0.39 is 11.2 Å². The largest absolute Gasteiger partial charge is 0.444 e. The number of amides is 1. The van der Waals surface area contributed by atoms with E-state index in [-0.39, 0.29) is 12.1 Å². The third-order valence-corrected chi connectivity index (χ3v) is 4.74. The summed E-state index contributed by atoms with van der Waals surface area (Å²) < 4.78 is 5.54. The maximum atomic E-state index is 12.5. The van der Waals surface area contributed by atoms with Gasteiger partial charge in [-0.3, -0.25) is 4.90 Å². The zero-order valence-electron chi connectivity index (χ0n) is 15.6. The van der Waals surface area contributed by atoms with Gasteiger partial charge in [-0.2, -0.15) is 0 Å². The molecule has 1 aromatic carbocycles. The number of likely N-dealkylation sites (tertiary alicyclic amines) is 1. The van der Waals surface area contributed by atoms with Crippen LogP contribution in [0.5, 0.6) is 0 Å². The van der Waals surface area contributed by atoms with E-state index in [1.807, 2.05) is 39.0 Å². The molecule has 1 heterocycles. The van der Waals surface area contributed by atoms with Crippen LogP contribution in [-0.4, -0.2) is 57.9 Å². The Bertz CT molecular complexity index is 595. The van der Waals surface area contributed by atoms with Crippen molar-refractivity contribution in [2.45, 2.75) is 63.8 Å². The van der Waals surface area contributed by atoms with Crippen molar-refractivity contribution in [2.24, 2.45) is 0 Å². The first-order valence-corrected chi connectivity index (χ1v) is 9.22. The number of ether oxygens (including phenoxy) is 1. The molecule has 25 heavy (non-hydrogen) atoms. The van der Waals surface area contributed by atoms with Gasteiger partial charge >= 0.3 is 6.09 Å². The molecule has 0 aromatic heterocycles. The van der Waals surface area contributed by atoms with E-state index in [2.05, 4.69) is 17.0 Å². The highest BCUT2D eigenvalue weighted by atomic mass is 16.6. The van der Waals surface area contributed by atoms with Crippen LogP contribution in [0.25, 0.3) is 0 Å². The van der Waals surface area contributed by atoms with Crippen LogP contribution in [0.4, 0.5) is 4.79 Å². The molecule has 1 saturated heterocycles. The molecule has 0 radical (unpaired) electrons. The Hall–Kier alpha value is -1.59. The Morgan fingerprint density at radius 1 is 1.32 bits per heavy atom. The van der Waals surface area contributed by atoms with Crippen molar-refractivity contribution in [2.75, 3.05) is 19.6 Å². The minimum atomic E-state index is -0.853. The number of rotatable bonds is 5. The lowest BCUT2D eigenvalue weighted by Gasteiger charge is -2.33. The molecule has 1 saturated carbocycles. The summed E-state index contributed by atoms with van der Waals surface area (Å²) in [7, 11) is 0. The van der Waals surface area contributed by atoms with Crippen molar-refractivity contribution in [3.8, 4) is 0 Å². The van der Waals surface area contributed by atoms with Gasteiger partial charge in [-0.15, -0.1) is 0 Å². The Kier molecular flexibility index (Phi) is 5.07. The summed E-state index contributed by atoms with van der Waals surface area (Å²) in [6.45, 7) is 8.26. The van der Waals surface area contributed by atoms with Gasteiger partial charge in [-0.1, -0.05) is 30.3 Å². The molecule has 3 rings (SSSR count). The molecule has 1 unspecified atom stereocenters. The average molecular weight is 346 g/mol. The summed E-state index contributed by atoms with van der Waals surface area (Å²) in [6.07, 6.45) is 2.39. The van der Waals surface area contributed by atoms with E-state index >= 15 is 0 Å². The Labute approximate surface area is 150 Å². The smallest absolute Gasteiger partial charge is 0.410 e. The number of benzene rings is 1. The summed E-state index contributed by atoms with van der Waals surface area (Å²) in [4.78, 5) is 16.5. The maximum absolute atomic E-state index is 12.5. The Morgan fingerprint density at radius 2 is 2.00 bits per heavy atom. The number of nitrogens with zero attached hydrogens (tertiary/aromatic N) is 2. The molecule has 1 aromatic rings. The number of carbonyl (C=O) groups is 1. The minimum absolute atomic E-state index is 0.224. The van der Waals surface area contributed by atoms with Crippen molar-refractivity contribution >= 4 is 6.09 Å². The van der Waals surface area contributed by atoms with Crippen molar-refractivity contribution in [3.63, 3.8) is 0 Å². The second-order valence-corrected chi connectivity index (χ2v) is 8.51. The zero-order chi connectivity index (χ0) is 18.1. The summed E-state index contributed by atoms with van der Waals surface area (Å²) >= 11 is 0. The first-order valence-electron chi connectivity index (χ1n) is 9.22. The van der Waals surface area contributed by atoms with Gasteiger partial charge in [0.15, 0.2) is 0 Å². The fraction of sp³-hybridized carbons (Fsp3) is 0.650. The number of hydrogen-bond donors (Lipinski definition) is 1. The lowest BCUT2D eigenvalue weighted by molar-refractivity contribution is -0.0159. The molecule has 1 N–H and O–H groups in total. The maximum Gasteiger partial charge on any atom is 0.410 e. The van der Waals surface area contributed by atoms with Gasteiger partial charge in [-0.25, -0.2) is 4.79 Å². The molecule has 5 heteroatoms. The molecule has 1 atom stereocenters. The molecule has 1 aliphatic heterocycles. The van der Waals surface area contributed by atoms with Crippen LogP contribution in [0.2, 0.25) is 0 Å². The van der Waals surface area contributed by atoms with Crippen LogP contribution >= 0.6 is 0 Å². The van der Waals surface area contributed by atoms with Crippen LogP contribution in [0.15, 0.2) is 30.3 Å². The number of aliphatic hydroxyl groups is 1. The average Bonchev–Trinajstić information content (AvgIpc) is 3.29. The van der Waals surface area contributed by atoms with E-state index in [0.29, 0.717) is 19.5 Å². The monoisotopic (exact) mass is 346 g/mol. The predicted molar refractivity (Wildman–Crippen MR) is 97.2 cm³/mol. The summed E-state index contributed by atoms with van der Waals surface area (Å²) in [6, 6.07) is 10.5. The third kappa shape index (κ3) is 5.19. The van der Waals surface area contributed by atoms with Gasteiger partial charge in [0.05, 0.1) is 12.1 Å². The lowest BCUT2D eigenvalue weighted by atomic mass is 10.0. The number of carbonyl (C=O) groups excluding carboxylic acids is 1. The molecule has 2 fully saturated rings. The predicted octanol–water partition coefficient (Wildman–Crippen LogP) is 3.02. The normalized spacial score (nSPS) is 24.3. The van der Waals surface area contributed by atoms with Gasteiger partial charge in [0.1, 0.15) is 5.60 Å². The molecule has 0 bridgehead atoms. The quantitative estimate of drug-likeness (QED) is 0.890. The summed E-state index contributed by atoms with van der Waals surface area (Å²) in [5.74, 6) is 0.